The Kier molecular flexibility index (Phi) is 6.86. The number of benzene rings is 3. The van der Waals surface area contributed by atoms with Crippen LogP contribution < -0.4 is 18.9 Å². The van der Waals surface area contributed by atoms with Gasteiger partial charge < -0.3 is 18.9 Å². The molecule has 0 spiro atoms. The lowest BCUT2D eigenvalue weighted by Crippen LogP contribution is -2.01. The zero-order valence-electron chi connectivity index (χ0n) is 23.0. The fourth-order valence-corrected chi connectivity index (χ4v) is 6.29. The number of aromatic nitrogens is 3. The van der Waals surface area contributed by atoms with Crippen molar-refractivity contribution in [3.8, 4) is 39.8 Å². The van der Waals surface area contributed by atoms with Crippen molar-refractivity contribution in [1.82, 2.24) is 14.8 Å². The summed E-state index contributed by atoms with van der Waals surface area (Å²) in [6.45, 7) is 2.04. The van der Waals surface area contributed by atoms with Crippen molar-refractivity contribution in [1.29, 1.82) is 0 Å². The van der Waals surface area contributed by atoms with E-state index in [1.54, 1.807) is 40.2 Å². The molecule has 0 unspecified atom stereocenters. The number of ether oxygens (including phenoxy) is 4. The average molecular weight is 552 g/mol. The summed E-state index contributed by atoms with van der Waals surface area (Å²) < 4.78 is 24.1. The van der Waals surface area contributed by atoms with Crippen LogP contribution in [-0.4, -0.2) is 43.2 Å². The minimum absolute atomic E-state index is 0.679. The first-order chi connectivity index (χ1) is 19.6. The summed E-state index contributed by atoms with van der Waals surface area (Å²) in [6.07, 6.45) is 2.16. The van der Waals surface area contributed by atoms with Gasteiger partial charge in [-0.15, -0.1) is 11.8 Å². The zero-order valence-corrected chi connectivity index (χ0v) is 23.8. The molecule has 5 aromatic rings. The van der Waals surface area contributed by atoms with Crippen molar-refractivity contribution in [2.24, 2.45) is 0 Å². The largest absolute Gasteiger partial charge is 0.493 e. The Bertz CT molecular complexity index is 1760. The van der Waals surface area contributed by atoms with Crippen LogP contribution in [0.15, 0.2) is 66.7 Å². The Morgan fingerprint density at radius 2 is 1.48 bits per heavy atom. The summed E-state index contributed by atoms with van der Waals surface area (Å²) in [6, 6.07) is 22.1. The Labute approximate surface area is 237 Å². The van der Waals surface area contributed by atoms with Crippen molar-refractivity contribution >= 4 is 33.8 Å². The van der Waals surface area contributed by atoms with Gasteiger partial charge in [0.2, 0.25) is 0 Å². The number of hydrogen-bond donors (Lipinski definition) is 0. The Morgan fingerprint density at radius 1 is 0.800 bits per heavy atom. The Morgan fingerprint density at radius 3 is 2.17 bits per heavy atom. The third kappa shape index (κ3) is 4.34. The molecule has 2 aromatic heterocycles. The van der Waals surface area contributed by atoms with Gasteiger partial charge >= 0.3 is 0 Å². The molecule has 0 radical (unpaired) electrons. The van der Waals surface area contributed by atoms with Gasteiger partial charge in [0, 0.05) is 16.2 Å². The second-order valence-electron chi connectivity index (χ2n) is 9.33. The number of rotatable bonds is 7. The molecule has 0 fully saturated rings. The van der Waals surface area contributed by atoms with Crippen LogP contribution in [0.4, 0.5) is 0 Å². The summed E-state index contributed by atoms with van der Waals surface area (Å²) in [5.74, 6) is 3.54. The van der Waals surface area contributed by atoms with Crippen LogP contribution in [0.3, 0.4) is 0 Å². The molecule has 7 nitrogen and oxygen atoms in total. The number of hydrogen-bond acceptors (Lipinski definition) is 7. The van der Waals surface area contributed by atoms with Gasteiger partial charge in [-0.1, -0.05) is 30.3 Å². The van der Waals surface area contributed by atoms with Gasteiger partial charge in [0.05, 0.1) is 50.9 Å². The molecule has 6 rings (SSSR count). The molecular formula is C32H29N3O4S. The van der Waals surface area contributed by atoms with E-state index in [2.05, 4.69) is 12.1 Å². The van der Waals surface area contributed by atoms with E-state index in [9.17, 15) is 0 Å². The molecule has 1 aliphatic heterocycles. The topological polar surface area (TPSA) is 67.6 Å². The van der Waals surface area contributed by atoms with Crippen LogP contribution in [0.5, 0.6) is 23.0 Å². The molecular weight excluding hydrogens is 522 g/mol. The second-order valence-corrected chi connectivity index (χ2v) is 10.3. The van der Waals surface area contributed by atoms with E-state index in [1.165, 1.54) is 5.56 Å². The van der Waals surface area contributed by atoms with Crippen LogP contribution in [0.25, 0.3) is 38.8 Å². The highest BCUT2D eigenvalue weighted by molar-refractivity contribution is 8.08. The molecule has 3 heterocycles. The SMILES string of the molecule is COc1ccc(/C=C2\SCc3c2nc2c(c(C)nn2-c2ccccc2)c3-c2ccc(OC)c(OC)c2)cc1OC. The van der Waals surface area contributed by atoms with Gasteiger partial charge in [0.1, 0.15) is 0 Å². The summed E-state index contributed by atoms with van der Waals surface area (Å²) in [5, 5.41) is 5.99. The van der Waals surface area contributed by atoms with Gasteiger partial charge in [-0.2, -0.15) is 5.10 Å². The molecule has 0 atom stereocenters. The highest BCUT2D eigenvalue weighted by atomic mass is 32.2. The molecule has 0 amide bonds. The Balaban J connectivity index is 1.62. The summed E-state index contributed by atoms with van der Waals surface area (Å²) >= 11 is 1.78. The smallest absolute Gasteiger partial charge is 0.164 e. The maximum Gasteiger partial charge on any atom is 0.164 e. The molecule has 1 aliphatic rings. The third-order valence-corrected chi connectivity index (χ3v) is 8.13. The summed E-state index contributed by atoms with van der Waals surface area (Å²) in [5.41, 5.74) is 7.97. The van der Waals surface area contributed by atoms with Crippen LogP contribution >= 0.6 is 11.8 Å². The zero-order chi connectivity index (χ0) is 27.8. The summed E-state index contributed by atoms with van der Waals surface area (Å²) in [4.78, 5) is 6.36. The highest BCUT2D eigenvalue weighted by Crippen LogP contribution is 2.49. The van der Waals surface area contributed by atoms with Crippen molar-refractivity contribution in [2.45, 2.75) is 12.7 Å². The van der Waals surface area contributed by atoms with E-state index in [1.807, 2.05) is 72.3 Å². The average Bonchev–Trinajstić information content (AvgIpc) is 3.56. The lowest BCUT2D eigenvalue weighted by Gasteiger charge is -2.14. The standard InChI is InChI=1S/C32H29N3O4S/c1-19-29-30(21-12-14-25(37-3)27(17-21)39-5)23-18-40-28(16-20-11-13-24(36-2)26(15-20)38-4)31(23)33-32(29)35(34-19)22-9-7-6-8-10-22/h6-17H,18H2,1-5H3/b28-16-. The van der Waals surface area contributed by atoms with Crippen molar-refractivity contribution in [3.63, 3.8) is 0 Å². The maximum atomic E-state index is 5.68. The fraction of sp³-hybridized carbons (Fsp3) is 0.188. The molecule has 0 N–H and O–H groups in total. The molecule has 202 valence electrons. The number of aryl methyl sites for hydroxylation is 1. The molecule has 0 saturated carbocycles. The molecule has 0 saturated heterocycles. The molecule has 0 bridgehead atoms. The van der Waals surface area contributed by atoms with Gasteiger partial charge in [0.25, 0.3) is 0 Å². The molecule has 40 heavy (non-hydrogen) atoms. The number of nitrogens with zero attached hydrogens (tertiary/aromatic N) is 3. The fourth-order valence-electron chi connectivity index (χ4n) is 5.18. The summed E-state index contributed by atoms with van der Waals surface area (Å²) in [7, 11) is 6.60. The minimum atomic E-state index is 0.679. The van der Waals surface area contributed by atoms with E-state index >= 15 is 0 Å². The number of thioether (sulfide) groups is 1. The Hall–Kier alpha value is -4.43. The normalized spacial score (nSPS) is 13.5. The third-order valence-electron chi connectivity index (χ3n) is 7.08. The monoisotopic (exact) mass is 551 g/mol. The highest BCUT2D eigenvalue weighted by Gasteiger charge is 2.29. The van der Waals surface area contributed by atoms with Gasteiger partial charge in [0.15, 0.2) is 28.6 Å². The predicted octanol–water partition coefficient (Wildman–Crippen LogP) is 7.18. The van der Waals surface area contributed by atoms with E-state index in [4.69, 9.17) is 29.0 Å². The van der Waals surface area contributed by atoms with Gasteiger partial charge in [-0.05, 0) is 66.1 Å². The van der Waals surface area contributed by atoms with E-state index in [-0.39, 0.29) is 0 Å². The number of fused-ring (bicyclic) bond motifs is 2. The lowest BCUT2D eigenvalue weighted by molar-refractivity contribution is 0.355. The number of pyridine rings is 1. The van der Waals surface area contributed by atoms with Crippen LogP contribution in [0.1, 0.15) is 22.5 Å². The van der Waals surface area contributed by atoms with Gasteiger partial charge in [-0.25, -0.2) is 9.67 Å². The van der Waals surface area contributed by atoms with E-state index in [0.717, 1.165) is 55.5 Å². The lowest BCUT2D eigenvalue weighted by atomic mass is 9.95. The maximum absolute atomic E-state index is 5.68. The first-order valence-corrected chi connectivity index (χ1v) is 13.8. The van der Waals surface area contributed by atoms with Crippen molar-refractivity contribution in [2.75, 3.05) is 28.4 Å². The number of para-hydroxylation sites is 1. The predicted molar refractivity (Wildman–Crippen MR) is 161 cm³/mol. The molecule has 8 heteroatoms. The number of methoxy groups -OCH3 is 4. The first-order valence-electron chi connectivity index (χ1n) is 12.8. The van der Waals surface area contributed by atoms with E-state index < -0.39 is 0 Å². The van der Waals surface area contributed by atoms with Crippen LogP contribution in [0, 0.1) is 6.92 Å². The van der Waals surface area contributed by atoms with Crippen molar-refractivity contribution < 1.29 is 18.9 Å². The van der Waals surface area contributed by atoms with Gasteiger partial charge in [-0.3, -0.25) is 0 Å². The van der Waals surface area contributed by atoms with Crippen molar-refractivity contribution in [3.05, 3.63) is 89.2 Å². The molecule has 0 aliphatic carbocycles. The van der Waals surface area contributed by atoms with Crippen LogP contribution in [0.2, 0.25) is 0 Å². The molecule has 3 aromatic carbocycles. The minimum Gasteiger partial charge on any atom is -0.493 e. The first kappa shape index (κ1) is 25.8. The van der Waals surface area contributed by atoms with Crippen LogP contribution in [-0.2, 0) is 5.75 Å². The van der Waals surface area contributed by atoms with E-state index in [0.29, 0.717) is 23.0 Å². The quantitative estimate of drug-likeness (QED) is 0.212. The second kappa shape index (κ2) is 10.6.